The molecule has 0 saturated heterocycles. The molecule has 3 nitrogen and oxygen atoms in total. The maximum atomic E-state index is 12.5. The minimum absolute atomic E-state index is 0.00637. The molecule has 88 valence electrons. The Balaban J connectivity index is 3.44. The summed E-state index contributed by atoms with van der Waals surface area (Å²) in [7, 11) is 1.06. The summed E-state index contributed by atoms with van der Waals surface area (Å²) in [5, 5.41) is 0. The van der Waals surface area contributed by atoms with E-state index in [0.717, 1.165) is 13.2 Å². The third-order valence-electron chi connectivity index (χ3n) is 1.77. The van der Waals surface area contributed by atoms with E-state index in [2.05, 4.69) is 25.7 Å². The van der Waals surface area contributed by atoms with Gasteiger partial charge in [-0.25, -0.2) is 4.98 Å². The average Bonchev–Trinajstić information content (AvgIpc) is 2.15. The van der Waals surface area contributed by atoms with Gasteiger partial charge in [0.1, 0.15) is 11.3 Å². The third-order valence-corrected chi connectivity index (χ3v) is 2.38. The number of rotatable bonds is 2. The number of ketones is 1. The van der Waals surface area contributed by atoms with Gasteiger partial charge in [0, 0.05) is 11.4 Å². The molecular weight excluding hydrogens is 291 g/mol. The van der Waals surface area contributed by atoms with Crippen molar-refractivity contribution in [2.24, 2.45) is 0 Å². The topological polar surface area (TPSA) is 39.2 Å². The van der Waals surface area contributed by atoms with Crippen molar-refractivity contribution in [3.8, 4) is 5.88 Å². The molecule has 0 radical (unpaired) electrons. The zero-order valence-corrected chi connectivity index (χ0v) is 9.94. The van der Waals surface area contributed by atoms with E-state index in [9.17, 15) is 18.0 Å². The average molecular weight is 298 g/mol. The highest BCUT2D eigenvalue weighted by Crippen LogP contribution is 2.37. The lowest BCUT2D eigenvalue weighted by Crippen LogP contribution is -2.11. The molecule has 0 amide bonds. The van der Waals surface area contributed by atoms with E-state index < -0.39 is 23.4 Å². The van der Waals surface area contributed by atoms with Crippen LogP contribution in [0.2, 0.25) is 0 Å². The van der Waals surface area contributed by atoms with Crippen molar-refractivity contribution in [2.45, 2.75) is 13.1 Å². The molecule has 0 saturated carbocycles. The van der Waals surface area contributed by atoms with Crippen molar-refractivity contribution in [1.82, 2.24) is 4.98 Å². The molecule has 0 aliphatic heterocycles. The molecule has 0 atom stereocenters. The summed E-state index contributed by atoms with van der Waals surface area (Å²) >= 11 is 2.86. The summed E-state index contributed by atoms with van der Waals surface area (Å²) < 4.78 is 42.1. The molecule has 1 aromatic rings. The summed E-state index contributed by atoms with van der Waals surface area (Å²) in [6, 6.07) is 0.780. The third kappa shape index (κ3) is 2.52. The molecule has 7 heteroatoms. The van der Waals surface area contributed by atoms with Crippen LogP contribution < -0.4 is 4.74 Å². The fourth-order valence-corrected chi connectivity index (χ4v) is 1.67. The minimum atomic E-state index is -4.57. The Kier molecular flexibility index (Phi) is 3.57. The van der Waals surface area contributed by atoms with E-state index in [1.165, 1.54) is 6.92 Å². The van der Waals surface area contributed by atoms with Crippen LogP contribution in [0.1, 0.15) is 23.0 Å². The number of methoxy groups -OCH3 is 1. The van der Waals surface area contributed by atoms with Crippen LogP contribution in [0.4, 0.5) is 13.2 Å². The van der Waals surface area contributed by atoms with Crippen molar-refractivity contribution >= 4 is 21.7 Å². The minimum Gasteiger partial charge on any atom is -0.481 e. The molecule has 0 N–H and O–H groups in total. The van der Waals surface area contributed by atoms with Gasteiger partial charge in [0.2, 0.25) is 5.88 Å². The number of nitrogens with zero attached hydrogens (tertiary/aromatic N) is 1. The lowest BCUT2D eigenvalue weighted by atomic mass is 10.2. The molecule has 0 aromatic carbocycles. The Morgan fingerprint density at radius 3 is 2.44 bits per heavy atom. The summed E-state index contributed by atoms with van der Waals surface area (Å²) in [5.74, 6) is -1.06. The van der Waals surface area contributed by atoms with Gasteiger partial charge in [0.05, 0.1) is 7.11 Å². The molecule has 0 fully saturated rings. The lowest BCUT2D eigenvalue weighted by Gasteiger charge is -2.12. The van der Waals surface area contributed by atoms with Crippen LogP contribution in [0.3, 0.4) is 0 Å². The monoisotopic (exact) mass is 297 g/mol. The van der Waals surface area contributed by atoms with Crippen molar-refractivity contribution in [2.75, 3.05) is 7.11 Å². The van der Waals surface area contributed by atoms with Gasteiger partial charge in [-0.05, 0) is 22.0 Å². The van der Waals surface area contributed by atoms with Crippen LogP contribution in [0.5, 0.6) is 5.88 Å². The van der Waals surface area contributed by atoms with Crippen LogP contribution in [0.15, 0.2) is 10.5 Å². The van der Waals surface area contributed by atoms with Gasteiger partial charge in [-0.2, -0.15) is 13.2 Å². The highest BCUT2D eigenvalue weighted by atomic mass is 79.9. The zero-order chi connectivity index (χ0) is 12.5. The Morgan fingerprint density at radius 1 is 1.50 bits per heavy atom. The van der Waals surface area contributed by atoms with Gasteiger partial charge in [-0.3, -0.25) is 4.79 Å². The van der Waals surface area contributed by atoms with Gasteiger partial charge in [0.25, 0.3) is 0 Å². The highest BCUT2D eigenvalue weighted by molar-refractivity contribution is 9.10. The molecule has 1 heterocycles. The van der Waals surface area contributed by atoms with Crippen molar-refractivity contribution in [3.63, 3.8) is 0 Å². The molecule has 0 spiro atoms. The second-order valence-corrected chi connectivity index (χ2v) is 3.78. The number of carbonyl (C=O) groups excluding carboxylic acids is 1. The van der Waals surface area contributed by atoms with Gasteiger partial charge in [0.15, 0.2) is 5.78 Å². The van der Waals surface area contributed by atoms with Crippen molar-refractivity contribution in [3.05, 3.63) is 21.8 Å². The maximum absolute atomic E-state index is 12.5. The van der Waals surface area contributed by atoms with Crippen LogP contribution in [0, 0.1) is 0 Å². The van der Waals surface area contributed by atoms with Crippen LogP contribution >= 0.6 is 15.9 Å². The van der Waals surface area contributed by atoms with Gasteiger partial charge < -0.3 is 4.74 Å². The molecule has 0 aliphatic carbocycles. The van der Waals surface area contributed by atoms with E-state index in [1.807, 2.05) is 0 Å². The van der Waals surface area contributed by atoms with E-state index >= 15 is 0 Å². The number of Topliss-reactive ketones (excluding diaryl/α,β-unsaturated/α-hetero) is 1. The maximum Gasteiger partial charge on any atom is 0.421 e. The lowest BCUT2D eigenvalue weighted by molar-refractivity contribution is -0.139. The molecule has 0 unspecified atom stereocenters. The van der Waals surface area contributed by atoms with Gasteiger partial charge in [-0.1, -0.05) is 0 Å². The summed E-state index contributed by atoms with van der Waals surface area (Å²) in [5.41, 5.74) is -1.11. The first-order valence-corrected chi connectivity index (χ1v) is 4.89. The number of hydrogen-bond acceptors (Lipinski definition) is 3. The Labute approximate surface area is 97.8 Å². The predicted molar refractivity (Wildman–Crippen MR) is 53.5 cm³/mol. The second kappa shape index (κ2) is 4.40. The summed E-state index contributed by atoms with van der Waals surface area (Å²) in [6.07, 6.45) is -4.57. The summed E-state index contributed by atoms with van der Waals surface area (Å²) in [6.45, 7) is 1.21. The normalized spacial score (nSPS) is 11.4. The second-order valence-electron chi connectivity index (χ2n) is 2.93. The van der Waals surface area contributed by atoms with Crippen LogP contribution in [-0.2, 0) is 6.18 Å². The smallest absolute Gasteiger partial charge is 0.421 e. The number of pyridine rings is 1. The zero-order valence-electron chi connectivity index (χ0n) is 8.35. The first-order chi connectivity index (χ1) is 7.27. The quantitative estimate of drug-likeness (QED) is 0.788. The standard InChI is InChI=1S/C9H7BrF3NO2/c1-4(15)7-6(10)3-5(9(11,12)13)8(14-7)16-2/h3H,1-2H3. The first-order valence-electron chi connectivity index (χ1n) is 4.10. The van der Waals surface area contributed by atoms with E-state index in [4.69, 9.17) is 0 Å². The molecule has 1 rings (SSSR count). The Hall–Kier alpha value is -1.11. The predicted octanol–water partition coefficient (Wildman–Crippen LogP) is 3.07. The Morgan fingerprint density at radius 2 is 2.06 bits per heavy atom. The van der Waals surface area contributed by atoms with Crippen molar-refractivity contribution in [1.29, 1.82) is 0 Å². The molecule has 1 aromatic heterocycles. The molecular formula is C9H7BrF3NO2. The molecule has 16 heavy (non-hydrogen) atoms. The number of alkyl halides is 3. The van der Waals surface area contributed by atoms with Gasteiger partial charge >= 0.3 is 6.18 Å². The highest BCUT2D eigenvalue weighted by Gasteiger charge is 2.36. The Bertz CT molecular complexity index is 431. The summed E-state index contributed by atoms with van der Waals surface area (Å²) in [4.78, 5) is 14.6. The van der Waals surface area contributed by atoms with Crippen molar-refractivity contribution < 1.29 is 22.7 Å². The van der Waals surface area contributed by atoms with E-state index in [0.29, 0.717) is 0 Å². The molecule has 0 aliphatic rings. The van der Waals surface area contributed by atoms with Crippen LogP contribution in [-0.4, -0.2) is 17.9 Å². The van der Waals surface area contributed by atoms with Crippen LogP contribution in [0.25, 0.3) is 0 Å². The van der Waals surface area contributed by atoms with E-state index in [-0.39, 0.29) is 10.2 Å². The SMILES string of the molecule is COc1nc(C(C)=O)c(Br)cc1C(F)(F)F. The largest absolute Gasteiger partial charge is 0.481 e. The van der Waals surface area contributed by atoms with E-state index in [1.54, 1.807) is 0 Å². The number of aromatic nitrogens is 1. The fraction of sp³-hybridized carbons (Fsp3) is 0.333. The first kappa shape index (κ1) is 13.0. The number of halogens is 4. The number of hydrogen-bond donors (Lipinski definition) is 0. The molecule has 0 bridgehead atoms. The number of ether oxygens (including phenoxy) is 1. The number of carbonyl (C=O) groups is 1. The fourth-order valence-electron chi connectivity index (χ4n) is 1.08. The van der Waals surface area contributed by atoms with Gasteiger partial charge in [-0.15, -0.1) is 0 Å².